The van der Waals surface area contributed by atoms with Crippen molar-refractivity contribution in [2.24, 2.45) is 0 Å². The van der Waals surface area contributed by atoms with Crippen LogP contribution in [0.4, 0.5) is 11.4 Å². The van der Waals surface area contributed by atoms with Crippen molar-refractivity contribution < 1.29 is 13.9 Å². The third kappa shape index (κ3) is 3.11. The molecule has 1 aromatic heterocycles. The van der Waals surface area contributed by atoms with Gasteiger partial charge in [0.05, 0.1) is 36.4 Å². The highest BCUT2D eigenvalue weighted by molar-refractivity contribution is 9.10. The van der Waals surface area contributed by atoms with Gasteiger partial charge in [-0.2, -0.15) is 0 Å². The van der Waals surface area contributed by atoms with Crippen molar-refractivity contribution >= 4 is 33.2 Å². The summed E-state index contributed by atoms with van der Waals surface area (Å²) in [5.74, 6) is -0.198. The quantitative estimate of drug-likeness (QED) is 0.923. The minimum atomic E-state index is -0.198. The number of carbonyl (C=O) groups is 1. The van der Waals surface area contributed by atoms with Crippen molar-refractivity contribution in [3.05, 3.63) is 46.8 Å². The number of rotatable bonds is 3. The Balaban J connectivity index is 1.82. The van der Waals surface area contributed by atoms with E-state index in [1.807, 2.05) is 24.3 Å². The standard InChI is InChI=1S/C15H15BrN2O3/c16-14-11(5-8-21-14)15(19)17-12-3-1-2-4-13(12)18-6-9-20-10-7-18/h1-5,8H,6-7,9-10H2,(H,17,19). The predicted molar refractivity (Wildman–Crippen MR) is 83.8 cm³/mol. The number of nitrogens with one attached hydrogen (secondary N) is 1. The van der Waals surface area contributed by atoms with Gasteiger partial charge < -0.3 is 19.4 Å². The van der Waals surface area contributed by atoms with Gasteiger partial charge in [0.2, 0.25) is 0 Å². The van der Waals surface area contributed by atoms with Crippen LogP contribution in [0.5, 0.6) is 0 Å². The third-order valence-corrected chi connectivity index (χ3v) is 3.98. The summed E-state index contributed by atoms with van der Waals surface area (Å²) in [5.41, 5.74) is 2.28. The molecule has 110 valence electrons. The smallest absolute Gasteiger partial charge is 0.260 e. The van der Waals surface area contributed by atoms with Crippen molar-refractivity contribution in [3.63, 3.8) is 0 Å². The number of para-hydroxylation sites is 2. The zero-order valence-corrected chi connectivity index (χ0v) is 12.9. The van der Waals surface area contributed by atoms with Crippen LogP contribution < -0.4 is 10.2 Å². The molecule has 0 spiro atoms. The molecular weight excluding hydrogens is 336 g/mol. The first-order valence-corrected chi connectivity index (χ1v) is 7.51. The summed E-state index contributed by atoms with van der Waals surface area (Å²) >= 11 is 3.22. The largest absolute Gasteiger partial charge is 0.457 e. The Kier molecular flexibility index (Phi) is 4.26. The number of amides is 1. The summed E-state index contributed by atoms with van der Waals surface area (Å²) in [6.07, 6.45) is 1.48. The van der Waals surface area contributed by atoms with E-state index in [1.54, 1.807) is 6.07 Å². The van der Waals surface area contributed by atoms with Crippen LogP contribution in [-0.4, -0.2) is 32.2 Å². The first-order valence-electron chi connectivity index (χ1n) is 6.72. The second-order valence-corrected chi connectivity index (χ2v) is 5.40. The molecule has 0 radical (unpaired) electrons. The predicted octanol–water partition coefficient (Wildman–Crippen LogP) is 3.13. The molecule has 0 aliphatic carbocycles. The Bertz CT molecular complexity index is 635. The van der Waals surface area contributed by atoms with E-state index in [4.69, 9.17) is 9.15 Å². The molecule has 0 bridgehead atoms. The van der Waals surface area contributed by atoms with Crippen LogP contribution >= 0.6 is 15.9 Å². The van der Waals surface area contributed by atoms with Crippen LogP contribution in [0.3, 0.4) is 0 Å². The maximum absolute atomic E-state index is 12.3. The van der Waals surface area contributed by atoms with E-state index >= 15 is 0 Å². The highest BCUT2D eigenvalue weighted by Gasteiger charge is 2.18. The average Bonchev–Trinajstić information content (AvgIpc) is 2.95. The van der Waals surface area contributed by atoms with E-state index in [2.05, 4.69) is 26.1 Å². The van der Waals surface area contributed by atoms with E-state index in [0.717, 1.165) is 24.5 Å². The monoisotopic (exact) mass is 350 g/mol. The second kappa shape index (κ2) is 6.32. The van der Waals surface area contributed by atoms with E-state index in [1.165, 1.54) is 6.26 Å². The van der Waals surface area contributed by atoms with E-state index < -0.39 is 0 Å². The molecule has 1 amide bonds. The molecule has 0 unspecified atom stereocenters. The molecule has 0 atom stereocenters. The molecule has 21 heavy (non-hydrogen) atoms. The number of carbonyl (C=O) groups excluding carboxylic acids is 1. The first-order chi connectivity index (χ1) is 10.3. The molecule has 1 saturated heterocycles. The normalized spacial score (nSPS) is 15.0. The lowest BCUT2D eigenvalue weighted by Crippen LogP contribution is -2.36. The number of furan rings is 1. The second-order valence-electron chi connectivity index (χ2n) is 4.68. The maximum atomic E-state index is 12.3. The van der Waals surface area contributed by atoms with Crippen LogP contribution in [-0.2, 0) is 4.74 Å². The van der Waals surface area contributed by atoms with Gasteiger partial charge >= 0.3 is 0 Å². The summed E-state index contributed by atoms with van der Waals surface area (Å²) < 4.78 is 10.9. The zero-order chi connectivity index (χ0) is 14.7. The maximum Gasteiger partial charge on any atom is 0.260 e. The van der Waals surface area contributed by atoms with Crippen molar-refractivity contribution in [1.82, 2.24) is 0 Å². The lowest BCUT2D eigenvalue weighted by molar-refractivity contribution is 0.102. The Labute approximate surface area is 131 Å². The molecule has 1 fully saturated rings. The van der Waals surface area contributed by atoms with Crippen LogP contribution in [0.1, 0.15) is 10.4 Å². The molecule has 1 aliphatic heterocycles. The fraction of sp³-hybridized carbons (Fsp3) is 0.267. The Morgan fingerprint density at radius 1 is 1.19 bits per heavy atom. The van der Waals surface area contributed by atoms with Crippen molar-refractivity contribution in [2.45, 2.75) is 0 Å². The van der Waals surface area contributed by atoms with E-state index in [-0.39, 0.29) is 5.91 Å². The van der Waals surface area contributed by atoms with Crippen molar-refractivity contribution in [1.29, 1.82) is 0 Å². The number of hydrogen-bond acceptors (Lipinski definition) is 4. The van der Waals surface area contributed by atoms with Crippen LogP contribution in [0, 0.1) is 0 Å². The van der Waals surface area contributed by atoms with Gasteiger partial charge in [-0.1, -0.05) is 12.1 Å². The highest BCUT2D eigenvalue weighted by Crippen LogP contribution is 2.27. The summed E-state index contributed by atoms with van der Waals surface area (Å²) in [7, 11) is 0. The van der Waals surface area contributed by atoms with Gasteiger partial charge in [0, 0.05) is 13.1 Å². The summed E-state index contributed by atoms with van der Waals surface area (Å²) in [5, 5.41) is 2.94. The molecule has 1 aromatic carbocycles. The number of ether oxygens (including phenoxy) is 1. The fourth-order valence-electron chi connectivity index (χ4n) is 2.30. The number of benzene rings is 1. The number of anilines is 2. The van der Waals surface area contributed by atoms with Gasteiger partial charge in [-0.05, 0) is 34.1 Å². The van der Waals surface area contributed by atoms with Crippen LogP contribution in [0.25, 0.3) is 0 Å². The molecule has 1 N–H and O–H groups in total. The highest BCUT2D eigenvalue weighted by atomic mass is 79.9. The summed E-state index contributed by atoms with van der Waals surface area (Å²) in [6.45, 7) is 3.05. The molecule has 2 heterocycles. The van der Waals surface area contributed by atoms with Gasteiger partial charge in [-0.3, -0.25) is 4.79 Å². The van der Waals surface area contributed by atoms with Crippen LogP contribution in [0.15, 0.2) is 45.7 Å². The van der Waals surface area contributed by atoms with Gasteiger partial charge in [0.1, 0.15) is 0 Å². The van der Waals surface area contributed by atoms with Gasteiger partial charge in [-0.15, -0.1) is 0 Å². The molecule has 3 rings (SSSR count). The topological polar surface area (TPSA) is 54.7 Å². The van der Waals surface area contributed by atoms with E-state index in [9.17, 15) is 4.79 Å². The third-order valence-electron chi connectivity index (χ3n) is 3.37. The number of morpholine rings is 1. The lowest BCUT2D eigenvalue weighted by atomic mass is 10.2. The number of hydrogen-bond donors (Lipinski definition) is 1. The minimum Gasteiger partial charge on any atom is -0.457 e. The number of halogens is 1. The first kappa shape index (κ1) is 14.2. The van der Waals surface area contributed by atoms with Crippen LogP contribution in [0.2, 0.25) is 0 Å². The van der Waals surface area contributed by atoms with Gasteiger partial charge in [0.25, 0.3) is 5.91 Å². The molecule has 5 nitrogen and oxygen atoms in total. The molecule has 2 aromatic rings. The molecular formula is C15H15BrN2O3. The minimum absolute atomic E-state index is 0.198. The molecule has 1 aliphatic rings. The SMILES string of the molecule is O=C(Nc1ccccc1N1CCOCC1)c1ccoc1Br. The van der Waals surface area contributed by atoms with Crippen molar-refractivity contribution in [2.75, 3.05) is 36.5 Å². The number of nitrogens with zero attached hydrogens (tertiary/aromatic N) is 1. The zero-order valence-electron chi connectivity index (χ0n) is 11.3. The Morgan fingerprint density at radius 3 is 2.67 bits per heavy atom. The Morgan fingerprint density at radius 2 is 1.95 bits per heavy atom. The fourth-order valence-corrected chi connectivity index (χ4v) is 2.72. The molecule has 0 saturated carbocycles. The molecule has 6 heteroatoms. The average molecular weight is 351 g/mol. The van der Waals surface area contributed by atoms with Crippen molar-refractivity contribution in [3.8, 4) is 0 Å². The van der Waals surface area contributed by atoms with Gasteiger partial charge in [0.15, 0.2) is 4.67 Å². The summed E-state index contributed by atoms with van der Waals surface area (Å²) in [6, 6.07) is 9.41. The Hall–Kier alpha value is -1.79. The lowest BCUT2D eigenvalue weighted by Gasteiger charge is -2.30. The van der Waals surface area contributed by atoms with E-state index in [0.29, 0.717) is 23.4 Å². The van der Waals surface area contributed by atoms with Gasteiger partial charge in [-0.25, -0.2) is 0 Å². The summed E-state index contributed by atoms with van der Waals surface area (Å²) in [4.78, 5) is 14.5.